The van der Waals surface area contributed by atoms with Crippen molar-refractivity contribution in [2.45, 2.75) is 19.3 Å². The van der Waals surface area contributed by atoms with E-state index < -0.39 is 0 Å². The highest BCUT2D eigenvalue weighted by Gasteiger charge is 2.21. The molecule has 1 atom stereocenters. The third-order valence-corrected chi connectivity index (χ3v) is 3.34. The summed E-state index contributed by atoms with van der Waals surface area (Å²) in [6.45, 7) is 2.01. The van der Waals surface area contributed by atoms with Crippen molar-refractivity contribution in [3.63, 3.8) is 0 Å². The highest BCUT2D eigenvalue weighted by Crippen LogP contribution is 2.22. The minimum atomic E-state index is -0.364. The van der Waals surface area contributed by atoms with Gasteiger partial charge in [0.15, 0.2) is 5.96 Å². The Balaban J connectivity index is 0.00000242. The molecule has 2 aromatic carbocycles. The highest BCUT2D eigenvalue weighted by molar-refractivity contribution is 5.98. The van der Waals surface area contributed by atoms with Crippen LogP contribution >= 0.6 is 12.4 Å². The second kappa shape index (κ2) is 8.20. The maximum atomic E-state index is 12.3. The lowest BCUT2D eigenvalue weighted by Crippen LogP contribution is -2.39. The van der Waals surface area contributed by atoms with E-state index in [1.54, 1.807) is 0 Å². The number of benzene rings is 2. The summed E-state index contributed by atoms with van der Waals surface area (Å²) in [7, 11) is 0. The molecule has 5 heteroatoms. The molecule has 116 valence electrons. The van der Waals surface area contributed by atoms with E-state index in [-0.39, 0.29) is 30.2 Å². The topological polar surface area (TPSA) is 79.0 Å². The fraction of sp³-hybridized carbons (Fsp3) is 0.176. The molecule has 0 aromatic heterocycles. The monoisotopic (exact) mass is 317 g/mol. The second-order valence-corrected chi connectivity index (χ2v) is 5.06. The summed E-state index contributed by atoms with van der Waals surface area (Å²) in [5, 5.41) is 9.64. The molecule has 0 fully saturated rings. The van der Waals surface area contributed by atoms with Crippen molar-refractivity contribution in [3.8, 4) is 0 Å². The van der Waals surface area contributed by atoms with E-state index in [2.05, 4.69) is 5.32 Å². The molecule has 0 saturated heterocycles. The van der Waals surface area contributed by atoms with Crippen molar-refractivity contribution in [1.29, 1.82) is 5.41 Å². The predicted octanol–water partition coefficient (Wildman–Crippen LogP) is 2.75. The number of rotatable bonds is 4. The van der Waals surface area contributed by atoms with Crippen LogP contribution in [0.25, 0.3) is 0 Å². The number of nitrogens with one attached hydrogen (secondary N) is 2. The Hall–Kier alpha value is -2.33. The van der Waals surface area contributed by atoms with E-state index >= 15 is 0 Å². The third kappa shape index (κ3) is 4.90. The number of nitrogens with two attached hydrogens (primary N) is 1. The average molecular weight is 318 g/mol. The summed E-state index contributed by atoms with van der Waals surface area (Å²) in [6, 6.07) is 17.7. The smallest absolute Gasteiger partial charge is 0.234 e. The Kier molecular flexibility index (Phi) is 6.60. The molecule has 1 unspecified atom stereocenters. The minimum absolute atomic E-state index is 0. The molecule has 0 radical (unpaired) electrons. The van der Waals surface area contributed by atoms with Crippen molar-refractivity contribution < 1.29 is 4.79 Å². The van der Waals surface area contributed by atoms with Crippen molar-refractivity contribution >= 4 is 24.3 Å². The Morgan fingerprint density at radius 1 is 1.14 bits per heavy atom. The fourth-order valence-corrected chi connectivity index (χ4v) is 2.23. The Labute approximate surface area is 136 Å². The molecule has 1 amide bonds. The molecular weight excluding hydrogens is 298 g/mol. The van der Waals surface area contributed by atoms with Gasteiger partial charge in [-0.2, -0.15) is 0 Å². The standard InChI is InChI=1S/C17H19N3O.ClH/c1-12-7-9-14(10-8-12)15(16(21)20-17(18)19)11-13-5-3-2-4-6-13;/h2-10,15H,11H2,1H3,(H4,18,19,20,21);1H. The summed E-state index contributed by atoms with van der Waals surface area (Å²) in [5.74, 6) is -0.947. The molecule has 0 saturated carbocycles. The van der Waals surface area contributed by atoms with Gasteiger partial charge in [0.05, 0.1) is 5.92 Å². The van der Waals surface area contributed by atoms with Gasteiger partial charge in [-0.25, -0.2) is 0 Å². The quantitative estimate of drug-likeness (QED) is 0.599. The van der Waals surface area contributed by atoms with Crippen LogP contribution in [0.2, 0.25) is 0 Å². The van der Waals surface area contributed by atoms with Gasteiger partial charge in [0, 0.05) is 0 Å². The van der Waals surface area contributed by atoms with Crippen LogP contribution in [0.4, 0.5) is 0 Å². The Morgan fingerprint density at radius 3 is 2.27 bits per heavy atom. The summed E-state index contributed by atoms with van der Waals surface area (Å²) >= 11 is 0. The average Bonchev–Trinajstić information content (AvgIpc) is 2.46. The van der Waals surface area contributed by atoms with Gasteiger partial charge in [-0.05, 0) is 24.5 Å². The van der Waals surface area contributed by atoms with Gasteiger partial charge in [0.2, 0.25) is 5.91 Å². The van der Waals surface area contributed by atoms with Gasteiger partial charge < -0.3 is 5.73 Å². The molecule has 2 aromatic rings. The fourth-order valence-electron chi connectivity index (χ4n) is 2.23. The van der Waals surface area contributed by atoms with Crippen molar-refractivity contribution in [2.75, 3.05) is 0 Å². The largest absolute Gasteiger partial charge is 0.370 e. The first-order valence-electron chi connectivity index (χ1n) is 6.81. The van der Waals surface area contributed by atoms with Gasteiger partial charge in [-0.1, -0.05) is 60.2 Å². The van der Waals surface area contributed by atoms with Crippen molar-refractivity contribution in [1.82, 2.24) is 5.32 Å². The zero-order chi connectivity index (χ0) is 15.2. The van der Waals surface area contributed by atoms with Gasteiger partial charge in [-0.15, -0.1) is 12.4 Å². The third-order valence-electron chi connectivity index (χ3n) is 3.34. The molecule has 0 aliphatic heterocycles. The maximum absolute atomic E-state index is 12.3. The molecular formula is C17H20ClN3O. The van der Waals surface area contributed by atoms with E-state index in [1.807, 2.05) is 61.5 Å². The molecule has 0 spiro atoms. The number of hydrogen-bond donors (Lipinski definition) is 3. The summed E-state index contributed by atoms with van der Waals surface area (Å²) < 4.78 is 0. The van der Waals surface area contributed by atoms with Gasteiger partial charge in [0.1, 0.15) is 0 Å². The van der Waals surface area contributed by atoms with Crippen molar-refractivity contribution in [2.24, 2.45) is 5.73 Å². The van der Waals surface area contributed by atoms with E-state index in [0.717, 1.165) is 16.7 Å². The van der Waals surface area contributed by atoms with Crippen LogP contribution < -0.4 is 11.1 Å². The molecule has 4 nitrogen and oxygen atoms in total. The maximum Gasteiger partial charge on any atom is 0.234 e. The van der Waals surface area contributed by atoms with Gasteiger partial charge >= 0.3 is 0 Å². The first-order valence-corrected chi connectivity index (χ1v) is 6.81. The van der Waals surface area contributed by atoms with Crippen LogP contribution in [-0.2, 0) is 11.2 Å². The predicted molar refractivity (Wildman–Crippen MR) is 91.4 cm³/mol. The lowest BCUT2D eigenvalue weighted by molar-refractivity contribution is -0.121. The minimum Gasteiger partial charge on any atom is -0.370 e. The number of amides is 1. The molecule has 2 rings (SSSR count). The highest BCUT2D eigenvalue weighted by atomic mass is 35.5. The SMILES string of the molecule is Cc1ccc(C(Cc2ccccc2)C(=O)NC(=N)N)cc1.Cl. The Morgan fingerprint density at radius 2 is 1.73 bits per heavy atom. The Bertz CT molecular complexity index is 626. The first kappa shape index (κ1) is 17.7. The van der Waals surface area contributed by atoms with E-state index in [1.165, 1.54) is 0 Å². The zero-order valence-corrected chi connectivity index (χ0v) is 13.2. The van der Waals surface area contributed by atoms with Gasteiger partial charge in [-0.3, -0.25) is 15.5 Å². The molecule has 0 aliphatic carbocycles. The summed E-state index contributed by atoms with van der Waals surface area (Å²) in [6.07, 6.45) is 0.572. The second-order valence-electron chi connectivity index (χ2n) is 5.06. The van der Waals surface area contributed by atoms with Crippen LogP contribution in [0, 0.1) is 12.3 Å². The summed E-state index contributed by atoms with van der Waals surface area (Å²) in [4.78, 5) is 12.3. The zero-order valence-electron chi connectivity index (χ0n) is 12.4. The summed E-state index contributed by atoms with van der Waals surface area (Å²) in [5.41, 5.74) is 8.41. The van der Waals surface area contributed by atoms with Crippen LogP contribution in [-0.4, -0.2) is 11.9 Å². The van der Waals surface area contributed by atoms with E-state index in [4.69, 9.17) is 11.1 Å². The normalized spacial score (nSPS) is 11.1. The molecule has 0 bridgehead atoms. The van der Waals surface area contributed by atoms with E-state index in [9.17, 15) is 4.79 Å². The van der Waals surface area contributed by atoms with Crippen molar-refractivity contribution in [3.05, 3.63) is 71.3 Å². The number of aryl methyl sites for hydroxylation is 1. The van der Waals surface area contributed by atoms with Crippen LogP contribution in [0.3, 0.4) is 0 Å². The van der Waals surface area contributed by atoms with Crippen LogP contribution in [0.15, 0.2) is 54.6 Å². The van der Waals surface area contributed by atoms with Crippen LogP contribution in [0.5, 0.6) is 0 Å². The van der Waals surface area contributed by atoms with E-state index in [0.29, 0.717) is 6.42 Å². The molecule has 4 N–H and O–H groups in total. The first-order chi connectivity index (χ1) is 10.1. The van der Waals surface area contributed by atoms with Crippen LogP contribution in [0.1, 0.15) is 22.6 Å². The number of guanidine groups is 1. The number of hydrogen-bond acceptors (Lipinski definition) is 2. The molecule has 22 heavy (non-hydrogen) atoms. The lowest BCUT2D eigenvalue weighted by atomic mass is 9.90. The number of carbonyl (C=O) groups excluding carboxylic acids is 1. The molecule has 0 heterocycles. The number of halogens is 1. The lowest BCUT2D eigenvalue weighted by Gasteiger charge is -2.17. The molecule has 0 aliphatic rings. The van der Waals surface area contributed by atoms with Gasteiger partial charge in [0.25, 0.3) is 0 Å². The number of carbonyl (C=O) groups is 1.